The first kappa shape index (κ1) is 24.7. The van der Waals surface area contributed by atoms with Crippen molar-refractivity contribution in [3.8, 4) is 22.6 Å². The normalized spacial score (nSPS) is 16.1. The Morgan fingerprint density at radius 3 is 2.84 bits per heavy atom. The van der Waals surface area contributed by atoms with Crippen molar-refractivity contribution >= 4 is 34.2 Å². The van der Waals surface area contributed by atoms with Gasteiger partial charge in [-0.3, -0.25) is 9.20 Å². The third-order valence-corrected chi connectivity index (χ3v) is 6.74. The maximum absolute atomic E-state index is 12.6. The van der Waals surface area contributed by atoms with Gasteiger partial charge in [-0.15, -0.1) is 11.3 Å². The summed E-state index contributed by atoms with van der Waals surface area (Å²) in [5, 5.41) is 5.36. The van der Waals surface area contributed by atoms with E-state index in [2.05, 4.69) is 10.3 Å². The summed E-state index contributed by atoms with van der Waals surface area (Å²) < 4.78 is 7.53. The summed E-state index contributed by atoms with van der Waals surface area (Å²) in [5.41, 5.74) is 8.33. The third kappa shape index (κ3) is 5.41. The molecule has 10 nitrogen and oxygen atoms in total. The van der Waals surface area contributed by atoms with Crippen LogP contribution in [0.1, 0.15) is 44.0 Å². The van der Waals surface area contributed by atoms with Gasteiger partial charge in [0.25, 0.3) is 0 Å². The second-order valence-corrected chi connectivity index (χ2v) is 10.9. The van der Waals surface area contributed by atoms with Crippen molar-refractivity contribution in [2.24, 2.45) is 5.73 Å². The van der Waals surface area contributed by atoms with Crippen LogP contribution in [0.5, 0.6) is 0 Å². The number of fused-ring (bicyclic) bond motifs is 1. The minimum Gasteiger partial charge on any atom is -0.444 e. The van der Waals surface area contributed by atoms with E-state index in [-0.39, 0.29) is 12.1 Å². The van der Waals surface area contributed by atoms with Crippen LogP contribution < -0.4 is 11.1 Å². The number of piperidine rings is 1. The molecule has 1 aliphatic heterocycles. The molecule has 0 saturated carbocycles. The van der Waals surface area contributed by atoms with E-state index < -0.39 is 11.5 Å². The fourth-order valence-corrected chi connectivity index (χ4v) is 5.10. The molecule has 11 heteroatoms. The zero-order valence-corrected chi connectivity index (χ0v) is 21.8. The number of imidazole rings is 1. The number of ether oxygens (including phenoxy) is 1. The molecule has 0 radical (unpaired) electrons. The van der Waals surface area contributed by atoms with Gasteiger partial charge in [0.1, 0.15) is 11.3 Å². The number of hydrogen-bond donors (Lipinski definition) is 2. The zero-order chi connectivity index (χ0) is 26.2. The lowest BCUT2D eigenvalue weighted by molar-refractivity contribution is 0.0206. The summed E-state index contributed by atoms with van der Waals surface area (Å²) in [4.78, 5) is 40.9. The molecule has 0 aliphatic carbocycles. The van der Waals surface area contributed by atoms with E-state index in [0.29, 0.717) is 36.0 Å². The Hall–Kier alpha value is -3.99. The van der Waals surface area contributed by atoms with Crippen LogP contribution in [0.25, 0.3) is 27.6 Å². The van der Waals surface area contributed by atoms with Gasteiger partial charge in [-0.05, 0) is 51.8 Å². The van der Waals surface area contributed by atoms with Crippen molar-refractivity contribution in [1.82, 2.24) is 24.3 Å². The third-order valence-electron chi connectivity index (χ3n) is 5.99. The predicted molar refractivity (Wildman–Crippen MR) is 143 cm³/mol. The van der Waals surface area contributed by atoms with Crippen LogP contribution in [0.3, 0.4) is 0 Å². The van der Waals surface area contributed by atoms with Crippen molar-refractivity contribution in [3.05, 3.63) is 53.7 Å². The Morgan fingerprint density at radius 2 is 2.05 bits per heavy atom. The fraction of sp³-hybridized carbons (Fsp3) is 0.346. The maximum atomic E-state index is 12.6. The molecule has 1 aromatic carbocycles. The SMILES string of the molecule is CC(C)(C)OC(=O)N1CCC[C@@H](Nc2nccc(-c3c(-c4cccc(C(N)=O)c4)nc4sccn34)n2)C1. The quantitative estimate of drug-likeness (QED) is 0.399. The largest absolute Gasteiger partial charge is 0.444 e. The highest BCUT2D eigenvalue weighted by molar-refractivity contribution is 7.15. The highest BCUT2D eigenvalue weighted by Gasteiger charge is 2.28. The summed E-state index contributed by atoms with van der Waals surface area (Å²) in [6.45, 7) is 6.76. The molecule has 3 N–H and O–H groups in total. The van der Waals surface area contributed by atoms with Crippen LogP contribution in [-0.4, -0.2) is 61.0 Å². The van der Waals surface area contributed by atoms with Crippen LogP contribution in [0, 0.1) is 0 Å². The molecule has 0 bridgehead atoms. The van der Waals surface area contributed by atoms with Crippen LogP contribution in [0.4, 0.5) is 10.7 Å². The molecule has 192 valence electrons. The van der Waals surface area contributed by atoms with Gasteiger partial charge < -0.3 is 20.7 Å². The van der Waals surface area contributed by atoms with Gasteiger partial charge in [0.15, 0.2) is 4.96 Å². The van der Waals surface area contributed by atoms with E-state index in [1.165, 1.54) is 11.3 Å². The molecule has 1 aliphatic rings. The van der Waals surface area contributed by atoms with Gasteiger partial charge in [-0.1, -0.05) is 12.1 Å². The standard InChI is InChI=1S/C26H29N7O3S/c1-26(2,3)36-25(35)32-11-5-8-18(15-32)29-23-28-10-9-19(30-23)21-20(31-24-33(21)12-13-37-24)16-6-4-7-17(14-16)22(27)34/h4,6-7,9-10,12-14,18H,5,8,11,15H2,1-3H3,(H2,27,34)(H,28,29,30)/t18-/m1/s1. The number of likely N-dealkylation sites (tertiary alicyclic amines) is 1. The smallest absolute Gasteiger partial charge is 0.410 e. The number of nitrogens with zero attached hydrogens (tertiary/aromatic N) is 5. The lowest BCUT2D eigenvalue weighted by Gasteiger charge is -2.34. The van der Waals surface area contributed by atoms with E-state index in [4.69, 9.17) is 20.4 Å². The average molecular weight is 520 g/mol. The van der Waals surface area contributed by atoms with E-state index in [1.807, 2.05) is 48.9 Å². The number of carbonyl (C=O) groups is 2. The average Bonchev–Trinajstić information content (AvgIpc) is 3.45. The van der Waals surface area contributed by atoms with E-state index >= 15 is 0 Å². The molecule has 0 unspecified atom stereocenters. The molecule has 5 rings (SSSR count). The molecule has 37 heavy (non-hydrogen) atoms. The number of thiazole rings is 1. The highest BCUT2D eigenvalue weighted by atomic mass is 32.1. The lowest BCUT2D eigenvalue weighted by Crippen LogP contribution is -2.47. The number of primary amides is 1. The molecular weight excluding hydrogens is 490 g/mol. The number of nitrogens with two attached hydrogens (primary N) is 1. The van der Waals surface area contributed by atoms with Gasteiger partial charge in [0.2, 0.25) is 11.9 Å². The monoisotopic (exact) mass is 519 g/mol. The minimum absolute atomic E-state index is 0.00477. The Labute approximate surface area is 218 Å². The predicted octanol–water partition coefficient (Wildman–Crippen LogP) is 4.43. The summed E-state index contributed by atoms with van der Waals surface area (Å²) in [6, 6.07) is 8.94. The first-order valence-electron chi connectivity index (χ1n) is 12.1. The Bertz CT molecular complexity index is 1460. The summed E-state index contributed by atoms with van der Waals surface area (Å²) in [6.07, 6.45) is 5.08. The van der Waals surface area contributed by atoms with Gasteiger partial charge in [0.05, 0.1) is 11.4 Å². The van der Waals surface area contributed by atoms with Crippen LogP contribution in [0.2, 0.25) is 0 Å². The molecule has 1 fully saturated rings. The number of hydrogen-bond acceptors (Lipinski definition) is 8. The molecule has 0 spiro atoms. The van der Waals surface area contributed by atoms with Crippen molar-refractivity contribution in [2.45, 2.75) is 45.3 Å². The Morgan fingerprint density at radius 1 is 1.22 bits per heavy atom. The van der Waals surface area contributed by atoms with Gasteiger partial charge in [0, 0.05) is 48.0 Å². The lowest BCUT2D eigenvalue weighted by atomic mass is 10.0. The first-order chi connectivity index (χ1) is 17.7. The molecule has 2 amide bonds. The number of nitrogens with one attached hydrogen (secondary N) is 1. The second kappa shape index (κ2) is 9.81. The van der Waals surface area contributed by atoms with E-state index in [9.17, 15) is 9.59 Å². The highest BCUT2D eigenvalue weighted by Crippen LogP contribution is 2.34. The van der Waals surface area contributed by atoms with Gasteiger partial charge in [-0.25, -0.2) is 19.7 Å². The first-order valence-corrected chi connectivity index (χ1v) is 13.0. The molecule has 1 atom stereocenters. The van der Waals surface area contributed by atoms with Crippen LogP contribution in [-0.2, 0) is 4.74 Å². The zero-order valence-electron chi connectivity index (χ0n) is 21.0. The molecule has 4 heterocycles. The van der Waals surface area contributed by atoms with Crippen LogP contribution in [0.15, 0.2) is 48.1 Å². The van der Waals surface area contributed by atoms with Crippen molar-refractivity contribution in [3.63, 3.8) is 0 Å². The number of carbonyl (C=O) groups excluding carboxylic acids is 2. The number of rotatable bonds is 5. The number of aromatic nitrogens is 4. The summed E-state index contributed by atoms with van der Waals surface area (Å²) in [7, 11) is 0. The van der Waals surface area contributed by atoms with Crippen molar-refractivity contribution in [1.29, 1.82) is 0 Å². The Kier molecular flexibility index (Phi) is 6.55. The second-order valence-electron chi connectivity index (χ2n) is 9.98. The number of anilines is 1. The number of amides is 2. The maximum Gasteiger partial charge on any atom is 0.410 e. The minimum atomic E-state index is -0.540. The van der Waals surface area contributed by atoms with Gasteiger partial charge in [-0.2, -0.15) is 0 Å². The number of benzene rings is 1. The van der Waals surface area contributed by atoms with E-state index in [0.717, 1.165) is 29.1 Å². The fourth-order valence-electron chi connectivity index (χ4n) is 4.38. The van der Waals surface area contributed by atoms with E-state index in [1.54, 1.807) is 29.3 Å². The summed E-state index contributed by atoms with van der Waals surface area (Å²) in [5.74, 6) is -0.0265. The molecule has 1 saturated heterocycles. The molecular formula is C26H29N7O3S. The molecule has 3 aromatic heterocycles. The van der Waals surface area contributed by atoms with Gasteiger partial charge >= 0.3 is 6.09 Å². The van der Waals surface area contributed by atoms with Crippen molar-refractivity contribution < 1.29 is 14.3 Å². The Balaban J connectivity index is 1.43. The van der Waals surface area contributed by atoms with Crippen LogP contribution >= 0.6 is 11.3 Å². The summed E-state index contributed by atoms with van der Waals surface area (Å²) >= 11 is 1.51. The topological polar surface area (TPSA) is 128 Å². The van der Waals surface area contributed by atoms with Crippen molar-refractivity contribution in [2.75, 3.05) is 18.4 Å². The molecule has 4 aromatic rings.